The highest BCUT2D eigenvalue weighted by Crippen LogP contribution is 2.39. The molecule has 2 N–H and O–H groups in total. The SMILES string of the molecule is Cc1cc(-c2nc3cnc(Oc4cccc(Cl)c4)nc3o2)cc(C)c1OC1CC(C(=O)O)C1.Cc1cc(-c2nc3cnc(Oc4ccccc4F)nc3o2)cc(C)c1OC1CC(C(=O)O)C1. The molecule has 0 aliphatic heterocycles. The van der Waals surface area contributed by atoms with Crippen LogP contribution in [0.4, 0.5) is 4.39 Å². The van der Waals surface area contributed by atoms with Gasteiger partial charge >= 0.3 is 24.0 Å². The number of carbonyl (C=O) groups is 2. The topological polar surface area (TPSA) is 215 Å². The van der Waals surface area contributed by atoms with Gasteiger partial charge in [-0.25, -0.2) is 24.3 Å². The summed E-state index contributed by atoms with van der Waals surface area (Å²) < 4.78 is 48.7. The summed E-state index contributed by atoms with van der Waals surface area (Å²) in [5.41, 5.74) is 6.61. The molecule has 2 fully saturated rings. The molecule has 0 atom stereocenters. The van der Waals surface area contributed by atoms with Crippen molar-refractivity contribution < 1.29 is 52.0 Å². The number of rotatable bonds is 12. The molecule has 10 rings (SSSR count). The van der Waals surface area contributed by atoms with Gasteiger partial charge in [0, 0.05) is 16.1 Å². The smallest absolute Gasteiger partial charge is 0.325 e. The molecule has 0 radical (unpaired) electrons. The molecule has 66 heavy (non-hydrogen) atoms. The summed E-state index contributed by atoms with van der Waals surface area (Å²) in [6, 6.07) is 20.7. The maximum Gasteiger partial charge on any atom is 0.325 e. The fraction of sp³-hybridized carbons (Fsp3) is 0.250. The second-order valence-electron chi connectivity index (χ2n) is 16.2. The Kier molecular flexibility index (Phi) is 11.9. The van der Waals surface area contributed by atoms with E-state index in [2.05, 4.69) is 29.9 Å². The van der Waals surface area contributed by atoms with Gasteiger partial charge in [-0.3, -0.25) is 9.59 Å². The highest BCUT2D eigenvalue weighted by molar-refractivity contribution is 6.30. The Labute approximate surface area is 380 Å². The highest BCUT2D eigenvalue weighted by atomic mass is 35.5. The number of ether oxygens (including phenoxy) is 4. The van der Waals surface area contributed by atoms with E-state index in [1.165, 1.54) is 18.3 Å². The van der Waals surface area contributed by atoms with Gasteiger partial charge in [-0.05, 0) is 130 Å². The summed E-state index contributed by atoms with van der Waals surface area (Å²) in [6.45, 7) is 7.72. The summed E-state index contributed by atoms with van der Waals surface area (Å²) in [6.07, 6.45) is 4.90. The lowest BCUT2D eigenvalue weighted by Gasteiger charge is -2.33. The molecule has 0 saturated heterocycles. The maximum absolute atomic E-state index is 13.8. The summed E-state index contributed by atoms with van der Waals surface area (Å²) in [5.74, 6) is 0.0914. The Hall–Kier alpha value is -7.66. The zero-order chi connectivity index (χ0) is 46.2. The van der Waals surface area contributed by atoms with E-state index in [4.69, 9.17) is 49.6 Å². The number of hydrogen-bond acceptors (Lipinski definition) is 14. The Bertz CT molecular complexity index is 3100. The number of benzene rings is 4. The summed E-state index contributed by atoms with van der Waals surface area (Å²) in [5, 5.41) is 18.6. The molecule has 2 saturated carbocycles. The van der Waals surface area contributed by atoms with Gasteiger partial charge in [-0.1, -0.05) is 29.8 Å². The average Bonchev–Trinajstić information content (AvgIpc) is 3.87. The number of aryl methyl sites for hydroxylation is 4. The summed E-state index contributed by atoms with van der Waals surface area (Å²) in [4.78, 5) is 47.8. The van der Waals surface area contributed by atoms with Crippen molar-refractivity contribution >= 4 is 46.0 Å². The van der Waals surface area contributed by atoms with Crippen LogP contribution < -0.4 is 18.9 Å². The first-order chi connectivity index (χ1) is 31.7. The molecule has 18 heteroatoms. The summed E-state index contributed by atoms with van der Waals surface area (Å²) >= 11 is 5.99. The van der Waals surface area contributed by atoms with Crippen molar-refractivity contribution in [3.63, 3.8) is 0 Å². The molecule has 16 nitrogen and oxygen atoms in total. The maximum atomic E-state index is 13.8. The predicted molar refractivity (Wildman–Crippen MR) is 237 cm³/mol. The lowest BCUT2D eigenvalue weighted by molar-refractivity contribution is -0.148. The third-order valence-electron chi connectivity index (χ3n) is 11.2. The van der Waals surface area contributed by atoms with Crippen LogP contribution in [0, 0.1) is 45.3 Å². The molecule has 4 aromatic carbocycles. The number of hydrogen-bond donors (Lipinski definition) is 2. The third-order valence-corrected chi connectivity index (χ3v) is 11.4. The fourth-order valence-electron chi connectivity index (χ4n) is 7.63. The number of carboxylic acid groups (broad SMARTS) is 2. The highest BCUT2D eigenvalue weighted by Gasteiger charge is 2.37. The van der Waals surface area contributed by atoms with Crippen molar-refractivity contribution in [3.8, 4) is 57.9 Å². The second kappa shape index (κ2) is 18.1. The van der Waals surface area contributed by atoms with Crippen molar-refractivity contribution in [2.24, 2.45) is 11.8 Å². The van der Waals surface area contributed by atoms with Crippen LogP contribution in [0.2, 0.25) is 5.02 Å². The van der Waals surface area contributed by atoms with Gasteiger partial charge in [0.2, 0.25) is 11.8 Å². The van der Waals surface area contributed by atoms with Crippen LogP contribution in [0.3, 0.4) is 0 Å². The minimum atomic E-state index is -0.778. The number of nitrogens with zero attached hydrogens (tertiary/aromatic N) is 6. The number of para-hydroxylation sites is 1. The fourth-order valence-corrected chi connectivity index (χ4v) is 7.81. The van der Waals surface area contributed by atoms with Gasteiger partial charge in [0.15, 0.2) is 11.6 Å². The molecular formula is C48H40ClFN6O10. The van der Waals surface area contributed by atoms with Gasteiger partial charge < -0.3 is 38.0 Å². The lowest BCUT2D eigenvalue weighted by Crippen LogP contribution is -2.38. The Morgan fingerprint density at radius 2 is 1.11 bits per heavy atom. The van der Waals surface area contributed by atoms with Crippen LogP contribution in [0.5, 0.6) is 35.0 Å². The van der Waals surface area contributed by atoms with Crippen molar-refractivity contribution in [1.29, 1.82) is 0 Å². The van der Waals surface area contributed by atoms with Gasteiger partial charge in [0.1, 0.15) is 40.5 Å². The zero-order valence-corrected chi connectivity index (χ0v) is 36.6. The Balaban J connectivity index is 0.000000166. The molecule has 0 spiro atoms. The lowest BCUT2D eigenvalue weighted by atomic mass is 9.82. The first kappa shape index (κ1) is 43.6. The van der Waals surface area contributed by atoms with E-state index in [-0.39, 0.29) is 47.5 Å². The van der Waals surface area contributed by atoms with Crippen molar-refractivity contribution in [1.82, 2.24) is 29.9 Å². The number of fused-ring (bicyclic) bond motifs is 2. The van der Waals surface area contributed by atoms with Gasteiger partial charge in [-0.15, -0.1) is 0 Å². The normalized spacial score (nSPS) is 17.5. The number of halogens is 2. The van der Waals surface area contributed by atoms with Gasteiger partial charge in [0.25, 0.3) is 11.4 Å². The number of aliphatic carboxylic acids is 2. The molecule has 0 unspecified atom stereocenters. The average molecular weight is 915 g/mol. The van der Waals surface area contributed by atoms with E-state index >= 15 is 0 Å². The zero-order valence-electron chi connectivity index (χ0n) is 35.8. The first-order valence-corrected chi connectivity index (χ1v) is 21.3. The molecule has 2 aliphatic rings. The predicted octanol–water partition coefficient (Wildman–Crippen LogP) is 10.7. The summed E-state index contributed by atoms with van der Waals surface area (Å²) in [7, 11) is 0. The van der Waals surface area contributed by atoms with E-state index in [0.29, 0.717) is 65.0 Å². The minimum Gasteiger partial charge on any atom is -0.490 e. The van der Waals surface area contributed by atoms with E-state index < -0.39 is 17.8 Å². The van der Waals surface area contributed by atoms with Crippen LogP contribution in [0.25, 0.3) is 45.4 Å². The molecule has 336 valence electrons. The molecule has 0 bridgehead atoms. The molecule has 4 heterocycles. The quantitative estimate of drug-likeness (QED) is 0.117. The van der Waals surface area contributed by atoms with E-state index in [1.54, 1.807) is 42.6 Å². The molecule has 4 aromatic heterocycles. The van der Waals surface area contributed by atoms with Crippen LogP contribution >= 0.6 is 11.6 Å². The van der Waals surface area contributed by atoms with Gasteiger partial charge in [0.05, 0.1) is 24.2 Å². The van der Waals surface area contributed by atoms with Crippen LogP contribution in [-0.4, -0.2) is 64.3 Å². The monoisotopic (exact) mass is 914 g/mol. The number of carboxylic acids is 2. The second-order valence-corrected chi connectivity index (χ2v) is 16.6. The van der Waals surface area contributed by atoms with E-state index in [0.717, 1.165) is 44.9 Å². The first-order valence-electron chi connectivity index (χ1n) is 20.9. The third kappa shape index (κ3) is 9.42. The van der Waals surface area contributed by atoms with Crippen molar-refractivity contribution in [2.45, 2.75) is 65.6 Å². The Morgan fingerprint density at radius 1 is 0.636 bits per heavy atom. The standard InChI is InChI=1S/C24H20ClN3O5.C24H20FN3O5/c1-12-6-14(7-13(2)20(12)31-18-8-15(9-18)23(29)30)21-27-19-11-26-24(28-22(19)33-21)32-17-5-3-4-16(25)10-17;1-12-7-14(8-13(2)20(12)31-16-9-15(10-16)23(29)30)21-27-18-11-26-24(28-22(18)33-21)32-19-6-4-3-5-17(19)25/h3-7,10-11,15,18H,8-9H2,1-2H3,(H,29,30);3-8,11,15-16H,9-10H2,1-2H3,(H,29,30). The van der Waals surface area contributed by atoms with Gasteiger partial charge in [-0.2, -0.15) is 9.97 Å². The van der Waals surface area contributed by atoms with Crippen molar-refractivity contribution in [3.05, 3.63) is 118 Å². The van der Waals surface area contributed by atoms with Crippen LogP contribution in [0.15, 0.2) is 94.0 Å². The molecule has 8 aromatic rings. The molecule has 0 amide bonds. The van der Waals surface area contributed by atoms with Crippen LogP contribution in [0.1, 0.15) is 47.9 Å². The molecule has 2 aliphatic carbocycles. The number of aromatic nitrogens is 6. The van der Waals surface area contributed by atoms with E-state index in [9.17, 15) is 14.0 Å². The van der Waals surface area contributed by atoms with Crippen LogP contribution in [-0.2, 0) is 9.59 Å². The largest absolute Gasteiger partial charge is 0.490 e. The van der Waals surface area contributed by atoms with Crippen molar-refractivity contribution in [2.75, 3.05) is 0 Å². The Morgan fingerprint density at radius 3 is 1.56 bits per heavy atom. The minimum absolute atomic E-state index is 0.0135. The molecular weight excluding hydrogens is 875 g/mol. The number of oxazole rings is 2. The van der Waals surface area contributed by atoms with E-state index in [1.807, 2.05) is 52.0 Å².